The van der Waals surface area contributed by atoms with Crippen molar-refractivity contribution in [2.24, 2.45) is 0 Å². The minimum absolute atomic E-state index is 0.397. The van der Waals surface area contributed by atoms with E-state index >= 15 is 0 Å². The van der Waals surface area contributed by atoms with Crippen molar-refractivity contribution in [2.75, 3.05) is 7.05 Å². The lowest BCUT2D eigenvalue weighted by atomic mass is 10.1. The second-order valence-corrected chi connectivity index (χ2v) is 5.24. The maximum Gasteiger partial charge on any atom is 0.198 e. The van der Waals surface area contributed by atoms with Gasteiger partial charge in [0.1, 0.15) is 5.76 Å². The third-order valence-corrected chi connectivity index (χ3v) is 3.67. The Morgan fingerprint density at radius 3 is 2.89 bits per heavy atom. The standard InChI is InChI=1S/C14H17BrN2O/c1-10(16-2)7-12-9-17-14(18-12)8-11-5-3-4-6-13(11)15/h3-6,9-10,16H,7-8H2,1-2H3. The molecule has 1 heterocycles. The highest BCUT2D eigenvalue weighted by Crippen LogP contribution is 2.19. The van der Waals surface area contributed by atoms with Crippen LogP contribution in [0.4, 0.5) is 0 Å². The van der Waals surface area contributed by atoms with Crippen molar-refractivity contribution in [3.8, 4) is 0 Å². The van der Waals surface area contributed by atoms with E-state index in [1.807, 2.05) is 31.4 Å². The van der Waals surface area contributed by atoms with E-state index in [1.165, 1.54) is 5.56 Å². The lowest BCUT2D eigenvalue weighted by molar-refractivity contribution is 0.440. The Morgan fingerprint density at radius 1 is 1.39 bits per heavy atom. The van der Waals surface area contributed by atoms with Crippen LogP contribution in [0.5, 0.6) is 0 Å². The molecule has 1 atom stereocenters. The van der Waals surface area contributed by atoms with Crippen molar-refractivity contribution in [2.45, 2.75) is 25.8 Å². The Morgan fingerprint density at radius 2 is 2.17 bits per heavy atom. The number of benzene rings is 1. The predicted molar refractivity (Wildman–Crippen MR) is 75.7 cm³/mol. The molecule has 96 valence electrons. The number of oxazole rings is 1. The number of aromatic nitrogens is 1. The van der Waals surface area contributed by atoms with E-state index in [0.717, 1.165) is 29.0 Å². The first-order chi connectivity index (χ1) is 8.69. The van der Waals surface area contributed by atoms with Crippen LogP contribution >= 0.6 is 15.9 Å². The third-order valence-electron chi connectivity index (χ3n) is 2.90. The van der Waals surface area contributed by atoms with Crippen LogP contribution in [0.2, 0.25) is 0 Å². The number of rotatable bonds is 5. The second-order valence-electron chi connectivity index (χ2n) is 4.38. The highest BCUT2D eigenvalue weighted by atomic mass is 79.9. The van der Waals surface area contributed by atoms with Crippen LogP contribution in [0.15, 0.2) is 39.4 Å². The first-order valence-electron chi connectivity index (χ1n) is 6.03. The molecule has 2 rings (SSSR count). The van der Waals surface area contributed by atoms with Gasteiger partial charge in [0.05, 0.1) is 12.6 Å². The monoisotopic (exact) mass is 308 g/mol. The molecule has 1 N–H and O–H groups in total. The van der Waals surface area contributed by atoms with Gasteiger partial charge in [-0.05, 0) is 25.6 Å². The van der Waals surface area contributed by atoms with Gasteiger partial charge in [0.2, 0.25) is 0 Å². The average Bonchev–Trinajstić information content (AvgIpc) is 2.79. The van der Waals surface area contributed by atoms with Gasteiger partial charge >= 0.3 is 0 Å². The van der Waals surface area contributed by atoms with Crippen molar-refractivity contribution >= 4 is 15.9 Å². The molecule has 2 aromatic rings. The van der Waals surface area contributed by atoms with E-state index in [4.69, 9.17) is 4.42 Å². The van der Waals surface area contributed by atoms with E-state index in [1.54, 1.807) is 0 Å². The van der Waals surface area contributed by atoms with Gasteiger partial charge in [-0.1, -0.05) is 34.1 Å². The lowest BCUT2D eigenvalue weighted by Crippen LogP contribution is -2.23. The fourth-order valence-corrected chi connectivity index (χ4v) is 2.16. The zero-order valence-electron chi connectivity index (χ0n) is 10.6. The first kappa shape index (κ1) is 13.3. The fraction of sp³-hybridized carbons (Fsp3) is 0.357. The van der Waals surface area contributed by atoms with Crippen molar-refractivity contribution in [3.63, 3.8) is 0 Å². The van der Waals surface area contributed by atoms with Gasteiger partial charge in [-0.3, -0.25) is 0 Å². The van der Waals surface area contributed by atoms with Crippen molar-refractivity contribution in [1.29, 1.82) is 0 Å². The van der Waals surface area contributed by atoms with Crippen molar-refractivity contribution in [3.05, 3.63) is 52.1 Å². The fourth-order valence-electron chi connectivity index (χ4n) is 1.73. The van der Waals surface area contributed by atoms with E-state index < -0.39 is 0 Å². The van der Waals surface area contributed by atoms with Crippen LogP contribution < -0.4 is 5.32 Å². The molecule has 0 amide bonds. The van der Waals surface area contributed by atoms with Crippen molar-refractivity contribution in [1.82, 2.24) is 10.3 Å². The molecule has 18 heavy (non-hydrogen) atoms. The highest BCUT2D eigenvalue weighted by molar-refractivity contribution is 9.10. The molecule has 4 heteroatoms. The maximum atomic E-state index is 5.74. The summed E-state index contributed by atoms with van der Waals surface area (Å²) in [6, 6.07) is 8.53. The molecule has 0 aliphatic heterocycles. The number of halogens is 1. The third kappa shape index (κ3) is 3.43. The summed E-state index contributed by atoms with van der Waals surface area (Å²) in [4.78, 5) is 4.32. The molecule has 1 aromatic carbocycles. The number of hydrogen-bond donors (Lipinski definition) is 1. The zero-order chi connectivity index (χ0) is 13.0. The highest BCUT2D eigenvalue weighted by Gasteiger charge is 2.09. The molecule has 1 unspecified atom stereocenters. The van der Waals surface area contributed by atoms with E-state index in [-0.39, 0.29) is 0 Å². The Balaban J connectivity index is 2.05. The van der Waals surface area contributed by atoms with Gasteiger partial charge in [0.15, 0.2) is 5.89 Å². The molecule has 3 nitrogen and oxygen atoms in total. The molecule has 0 radical (unpaired) electrons. The van der Waals surface area contributed by atoms with E-state index in [0.29, 0.717) is 6.04 Å². The molecule has 1 aromatic heterocycles. The minimum atomic E-state index is 0.397. The Bertz CT molecular complexity index is 510. The summed E-state index contributed by atoms with van der Waals surface area (Å²) < 4.78 is 6.83. The van der Waals surface area contributed by atoms with Gasteiger partial charge in [-0.2, -0.15) is 0 Å². The smallest absolute Gasteiger partial charge is 0.198 e. The topological polar surface area (TPSA) is 38.1 Å². The van der Waals surface area contributed by atoms with E-state index in [9.17, 15) is 0 Å². The summed E-state index contributed by atoms with van der Waals surface area (Å²) in [5.74, 6) is 1.69. The normalized spacial score (nSPS) is 12.6. The summed E-state index contributed by atoms with van der Waals surface area (Å²) in [5, 5.41) is 3.19. The summed E-state index contributed by atoms with van der Waals surface area (Å²) in [6.07, 6.45) is 3.40. The largest absolute Gasteiger partial charge is 0.445 e. The Labute approximate surface area is 116 Å². The summed E-state index contributed by atoms with van der Waals surface area (Å²) >= 11 is 3.53. The quantitative estimate of drug-likeness (QED) is 0.922. The van der Waals surface area contributed by atoms with Crippen LogP contribution in [0.1, 0.15) is 24.1 Å². The summed E-state index contributed by atoms with van der Waals surface area (Å²) in [5.41, 5.74) is 1.19. The maximum absolute atomic E-state index is 5.74. The van der Waals surface area contributed by atoms with Gasteiger partial charge in [-0.15, -0.1) is 0 Å². The van der Waals surface area contributed by atoms with Crippen LogP contribution in [0.3, 0.4) is 0 Å². The van der Waals surface area contributed by atoms with Crippen LogP contribution in [0, 0.1) is 0 Å². The summed E-state index contributed by atoms with van der Waals surface area (Å²) in [7, 11) is 1.95. The Hall–Kier alpha value is -1.13. The van der Waals surface area contributed by atoms with Crippen molar-refractivity contribution < 1.29 is 4.42 Å². The van der Waals surface area contributed by atoms with Crippen LogP contribution in [-0.4, -0.2) is 18.1 Å². The lowest BCUT2D eigenvalue weighted by Gasteiger charge is -2.06. The van der Waals surface area contributed by atoms with Crippen LogP contribution in [-0.2, 0) is 12.8 Å². The van der Waals surface area contributed by atoms with Gasteiger partial charge in [-0.25, -0.2) is 4.98 Å². The van der Waals surface area contributed by atoms with Gasteiger partial charge in [0, 0.05) is 16.9 Å². The first-order valence-corrected chi connectivity index (χ1v) is 6.82. The zero-order valence-corrected chi connectivity index (χ0v) is 12.2. The molecular weight excluding hydrogens is 292 g/mol. The SMILES string of the molecule is CNC(C)Cc1cnc(Cc2ccccc2Br)o1. The molecule has 0 spiro atoms. The molecule has 0 saturated heterocycles. The number of nitrogens with zero attached hydrogens (tertiary/aromatic N) is 1. The number of nitrogens with one attached hydrogen (secondary N) is 1. The molecular formula is C14H17BrN2O. The van der Waals surface area contributed by atoms with E-state index in [2.05, 4.69) is 39.2 Å². The minimum Gasteiger partial charge on any atom is -0.445 e. The molecule has 0 bridgehead atoms. The average molecular weight is 309 g/mol. The van der Waals surface area contributed by atoms with Crippen LogP contribution in [0.25, 0.3) is 0 Å². The summed E-state index contributed by atoms with van der Waals surface area (Å²) in [6.45, 7) is 2.12. The predicted octanol–water partition coefficient (Wildman–Crippen LogP) is 3.18. The Kier molecular flexibility index (Phi) is 4.55. The molecule has 0 fully saturated rings. The van der Waals surface area contributed by atoms with Gasteiger partial charge in [0.25, 0.3) is 0 Å². The number of likely N-dealkylation sites (N-methyl/N-ethyl adjacent to an activating group) is 1. The number of hydrogen-bond acceptors (Lipinski definition) is 3. The second kappa shape index (κ2) is 6.16. The molecule has 0 aliphatic carbocycles. The van der Waals surface area contributed by atoms with Gasteiger partial charge < -0.3 is 9.73 Å². The molecule has 0 aliphatic rings. The molecule has 0 saturated carbocycles.